The van der Waals surface area contributed by atoms with Crippen molar-refractivity contribution in [3.05, 3.63) is 40.3 Å². The van der Waals surface area contributed by atoms with E-state index in [1.54, 1.807) is 0 Å². The number of pyridine rings is 1. The Morgan fingerprint density at radius 1 is 1.41 bits per heavy atom. The van der Waals surface area contributed by atoms with E-state index in [0.29, 0.717) is 11.3 Å². The standard InChI is InChI=1S/C11H14N2O4/c12-7-1-2-13(9(15)4-7)8-3-6(5-14)10(16)11(8)17/h1-4,8,10-11,14,16-17H,5,12H2/t8?,10-,11+/m1/s1. The topological polar surface area (TPSA) is 109 Å². The molecule has 1 unspecified atom stereocenters. The number of nitrogens with two attached hydrogens (primary N) is 1. The molecule has 0 fully saturated rings. The zero-order valence-electron chi connectivity index (χ0n) is 9.02. The van der Waals surface area contributed by atoms with Crippen molar-refractivity contribution >= 4 is 5.69 Å². The molecule has 17 heavy (non-hydrogen) atoms. The van der Waals surface area contributed by atoms with E-state index in [1.165, 1.54) is 29.0 Å². The molecule has 0 spiro atoms. The minimum Gasteiger partial charge on any atom is -0.399 e. The number of aliphatic hydroxyl groups excluding tert-OH is 3. The fourth-order valence-electron chi connectivity index (χ4n) is 1.97. The highest BCUT2D eigenvalue weighted by Gasteiger charge is 2.35. The van der Waals surface area contributed by atoms with Crippen LogP contribution < -0.4 is 11.3 Å². The van der Waals surface area contributed by atoms with Gasteiger partial charge in [0.05, 0.1) is 12.6 Å². The van der Waals surface area contributed by atoms with E-state index < -0.39 is 18.2 Å². The van der Waals surface area contributed by atoms with Crippen LogP contribution in [0.3, 0.4) is 0 Å². The van der Waals surface area contributed by atoms with Crippen LogP contribution in [0.15, 0.2) is 34.8 Å². The first kappa shape index (κ1) is 11.8. The molecule has 0 aromatic carbocycles. The summed E-state index contributed by atoms with van der Waals surface area (Å²) in [6.07, 6.45) is 0.662. The van der Waals surface area contributed by atoms with Gasteiger partial charge in [0.25, 0.3) is 5.56 Å². The van der Waals surface area contributed by atoms with Gasteiger partial charge in [0, 0.05) is 18.0 Å². The molecule has 0 saturated heterocycles. The van der Waals surface area contributed by atoms with Gasteiger partial charge in [-0.05, 0) is 11.6 Å². The Balaban J connectivity index is 2.41. The molecule has 1 aromatic heterocycles. The van der Waals surface area contributed by atoms with Gasteiger partial charge in [-0.1, -0.05) is 6.08 Å². The molecule has 1 heterocycles. The van der Waals surface area contributed by atoms with Gasteiger partial charge in [-0.15, -0.1) is 0 Å². The Hall–Kier alpha value is -1.63. The second kappa shape index (κ2) is 4.33. The van der Waals surface area contributed by atoms with Crippen molar-refractivity contribution in [1.29, 1.82) is 0 Å². The first-order valence-electron chi connectivity index (χ1n) is 5.20. The molecule has 1 aromatic rings. The summed E-state index contributed by atoms with van der Waals surface area (Å²) in [7, 11) is 0. The number of nitrogens with zero attached hydrogens (tertiary/aromatic N) is 1. The Labute approximate surface area is 97.2 Å². The molecule has 1 aliphatic carbocycles. The molecule has 2 rings (SSSR count). The molecule has 0 amide bonds. The van der Waals surface area contributed by atoms with Crippen LogP contribution in [0.5, 0.6) is 0 Å². The number of aliphatic hydroxyl groups is 3. The van der Waals surface area contributed by atoms with Crippen LogP contribution in [-0.4, -0.2) is 38.7 Å². The molecule has 1 aliphatic rings. The van der Waals surface area contributed by atoms with Gasteiger partial charge in [-0.3, -0.25) is 4.79 Å². The van der Waals surface area contributed by atoms with E-state index in [-0.39, 0.29) is 12.2 Å². The quantitative estimate of drug-likeness (QED) is 0.475. The van der Waals surface area contributed by atoms with E-state index in [0.717, 1.165) is 0 Å². The van der Waals surface area contributed by atoms with E-state index >= 15 is 0 Å². The smallest absolute Gasteiger partial charge is 0.253 e. The average molecular weight is 238 g/mol. The molecule has 92 valence electrons. The summed E-state index contributed by atoms with van der Waals surface area (Å²) in [6.45, 7) is -0.349. The summed E-state index contributed by atoms with van der Waals surface area (Å²) in [5.41, 5.74) is 5.75. The summed E-state index contributed by atoms with van der Waals surface area (Å²) in [5, 5.41) is 28.4. The van der Waals surface area contributed by atoms with Crippen molar-refractivity contribution in [3.63, 3.8) is 0 Å². The summed E-state index contributed by atoms with van der Waals surface area (Å²) >= 11 is 0. The fourth-order valence-corrected chi connectivity index (χ4v) is 1.97. The molecule has 3 atom stereocenters. The van der Waals surface area contributed by atoms with Crippen LogP contribution in [0.25, 0.3) is 0 Å². The van der Waals surface area contributed by atoms with Gasteiger partial charge < -0.3 is 25.6 Å². The van der Waals surface area contributed by atoms with Crippen molar-refractivity contribution < 1.29 is 15.3 Å². The van der Waals surface area contributed by atoms with Crippen LogP contribution in [0.1, 0.15) is 6.04 Å². The number of nitrogen functional groups attached to an aromatic ring is 1. The van der Waals surface area contributed by atoms with Crippen molar-refractivity contribution in [2.45, 2.75) is 18.2 Å². The highest BCUT2D eigenvalue weighted by molar-refractivity contribution is 5.35. The van der Waals surface area contributed by atoms with Gasteiger partial charge in [0.1, 0.15) is 12.2 Å². The van der Waals surface area contributed by atoms with E-state index in [4.69, 9.17) is 10.8 Å². The molecular weight excluding hydrogens is 224 g/mol. The van der Waals surface area contributed by atoms with Crippen molar-refractivity contribution in [2.24, 2.45) is 0 Å². The van der Waals surface area contributed by atoms with Gasteiger partial charge in [0.2, 0.25) is 0 Å². The Kier molecular flexibility index (Phi) is 3.01. The summed E-state index contributed by atoms with van der Waals surface area (Å²) in [5.74, 6) is 0. The number of hydrogen-bond donors (Lipinski definition) is 4. The Morgan fingerprint density at radius 2 is 2.12 bits per heavy atom. The third kappa shape index (κ3) is 1.97. The van der Waals surface area contributed by atoms with Gasteiger partial charge >= 0.3 is 0 Å². The number of rotatable bonds is 2. The maximum absolute atomic E-state index is 11.7. The number of anilines is 1. The van der Waals surface area contributed by atoms with Crippen LogP contribution >= 0.6 is 0 Å². The first-order chi connectivity index (χ1) is 8.04. The third-order valence-electron chi connectivity index (χ3n) is 2.91. The highest BCUT2D eigenvalue weighted by atomic mass is 16.3. The minimum absolute atomic E-state index is 0.311. The predicted octanol–water partition coefficient (Wildman–Crippen LogP) is -1.37. The molecular formula is C11H14N2O4. The fraction of sp³-hybridized carbons (Fsp3) is 0.364. The third-order valence-corrected chi connectivity index (χ3v) is 2.91. The highest BCUT2D eigenvalue weighted by Crippen LogP contribution is 2.28. The maximum Gasteiger partial charge on any atom is 0.253 e. The zero-order chi connectivity index (χ0) is 12.6. The monoisotopic (exact) mass is 238 g/mol. The van der Waals surface area contributed by atoms with Crippen LogP contribution in [-0.2, 0) is 0 Å². The second-order valence-corrected chi connectivity index (χ2v) is 4.03. The lowest BCUT2D eigenvalue weighted by atomic mass is 10.1. The average Bonchev–Trinajstić information content (AvgIpc) is 2.57. The lowest BCUT2D eigenvalue weighted by Gasteiger charge is -2.19. The summed E-state index contributed by atoms with van der Waals surface area (Å²) in [6, 6.07) is 2.09. The van der Waals surface area contributed by atoms with E-state index in [1.807, 2.05) is 0 Å². The normalized spacial score (nSPS) is 28.2. The number of aromatic nitrogens is 1. The van der Waals surface area contributed by atoms with E-state index in [9.17, 15) is 15.0 Å². The molecule has 0 aliphatic heterocycles. The van der Waals surface area contributed by atoms with Crippen molar-refractivity contribution in [1.82, 2.24) is 4.57 Å². The second-order valence-electron chi connectivity index (χ2n) is 4.03. The lowest BCUT2D eigenvalue weighted by molar-refractivity contribution is 0.0274. The minimum atomic E-state index is -1.14. The number of hydrogen-bond acceptors (Lipinski definition) is 5. The molecule has 6 heteroatoms. The SMILES string of the molecule is Nc1ccn(C2C=C(CO)[C@@H](O)[C@H]2O)c(=O)c1. The van der Waals surface area contributed by atoms with Gasteiger partial charge in [0.15, 0.2) is 0 Å². The van der Waals surface area contributed by atoms with Crippen molar-refractivity contribution in [3.8, 4) is 0 Å². The molecule has 6 nitrogen and oxygen atoms in total. The van der Waals surface area contributed by atoms with Crippen LogP contribution in [0.4, 0.5) is 5.69 Å². The van der Waals surface area contributed by atoms with E-state index in [2.05, 4.69) is 0 Å². The van der Waals surface area contributed by atoms with Crippen LogP contribution in [0.2, 0.25) is 0 Å². The molecule has 0 radical (unpaired) electrons. The van der Waals surface area contributed by atoms with Crippen LogP contribution in [0, 0.1) is 0 Å². The molecule has 0 saturated carbocycles. The summed E-state index contributed by atoms with van der Waals surface area (Å²) in [4.78, 5) is 11.7. The maximum atomic E-state index is 11.7. The van der Waals surface area contributed by atoms with Gasteiger partial charge in [-0.2, -0.15) is 0 Å². The Morgan fingerprint density at radius 3 is 2.65 bits per heavy atom. The largest absolute Gasteiger partial charge is 0.399 e. The molecule has 0 bridgehead atoms. The van der Waals surface area contributed by atoms with Gasteiger partial charge in [-0.25, -0.2) is 0 Å². The predicted molar refractivity (Wildman–Crippen MR) is 61.3 cm³/mol. The first-order valence-corrected chi connectivity index (χ1v) is 5.20. The lowest BCUT2D eigenvalue weighted by Crippen LogP contribution is -2.34. The van der Waals surface area contributed by atoms with Crippen molar-refractivity contribution in [2.75, 3.05) is 12.3 Å². The Bertz CT molecular complexity index is 508. The summed E-state index contributed by atoms with van der Waals surface area (Å²) < 4.78 is 1.27. The molecule has 5 N–H and O–H groups in total. The zero-order valence-corrected chi connectivity index (χ0v) is 9.02.